The predicted molar refractivity (Wildman–Crippen MR) is 148 cm³/mol. The van der Waals surface area contributed by atoms with Gasteiger partial charge in [-0.1, -0.05) is 68.9 Å². The average Bonchev–Trinajstić information content (AvgIpc) is 2.77. The van der Waals surface area contributed by atoms with E-state index in [2.05, 4.69) is 106 Å². The highest BCUT2D eigenvalue weighted by molar-refractivity contribution is 8.04. The molecule has 0 aromatic carbocycles. The van der Waals surface area contributed by atoms with Crippen molar-refractivity contribution in [1.82, 2.24) is 10.2 Å². The van der Waals surface area contributed by atoms with Gasteiger partial charge in [0, 0.05) is 28.8 Å². The summed E-state index contributed by atoms with van der Waals surface area (Å²) in [7, 11) is 0. The first-order valence-electron chi connectivity index (χ1n) is 12.5. The molecule has 2 aliphatic rings. The molecule has 0 aliphatic heterocycles. The van der Waals surface area contributed by atoms with Crippen LogP contribution in [0.4, 0.5) is 0 Å². The molecule has 0 bridgehead atoms. The molecule has 1 amide bonds. The number of amides is 1. The van der Waals surface area contributed by atoms with E-state index in [9.17, 15) is 4.79 Å². The van der Waals surface area contributed by atoms with Crippen molar-refractivity contribution in [2.45, 2.75) is 67.2 Å². The molecule has 0 fully saturated rings. The zero-order valence-electron chi connectivity index (χ0n) is 22.0. The molecular weight excluding hydrogens is 436 g/mol. The van der Waals surface area contributed by atoms with Crippen LogP contribution in [0.15, 0.2) is 46.4 Å². The molecule has 4 heteroatoms. The Morgan fingerprint density at radius 2 is 2.03 bits per heavy atom. The predicted octanol–water partition coefficient (Wildman–Crippen LogP) is 6.12. The quantitative estimate of drug-likeness (QED) is 0.287. The summed E-state index contributed by atoms with van der Waals surface area (Å²) >= 11 is 1.66. The number of thioether (sulfide) groups is 1. The fraction of sp³-hybridized carbons (Fsp3) is 0.567. The average molecular weight is 479 g/mol. The van der Waals surface area contributed by atoms with Gasteiger partial charge in [0.05, 0.1) is 12.3 Å². The molecule has 0 saturated carbocycles. The Morgan fingerprint density at radius 3 is 2.76 bits per heavy atom. The third-order valence-corrected chi connectivity index (χ3v) is 7.16. The van der Waals surface area contributed by atoms with Crippen molar-refractivity contribution >= 4 is 17.7 Å². The minimum atomic E-state index is -0.0247. The maximum Gasteiger partial charge on any atom is 0.230 e. The number of carbonyl (C=O) groups is 1. The SMILES string of the molecule is CCCCCN(CC#CC#CC(C)(C)C)CCNC(=O)CSC1=C(C)C=CC2(C)CC=CC=C12. The third kappa shape index (κ3) is 9.61. The highest BCUT2D eigenvalue weighted by Gasteiger charge is 2.32. The molecule has 1 unspecified atom stereocenters. The number of carbonyl (C=O) groups excluding carboxylic acids is 1. The summed E-state index contributed by atoms with van der Waals surface area (Å²) in [5.41, 5.74) is 2.60. The van der Waals surface area contributed by atoms with E-state index in [1.54, 1.807) is 11.8 Å². The fourth-order valence-corrected chi connectivity index (χ4v) is 5.00. The lowest BCUT2D eigenvalue weighted by Crippen LogP contribution is -2.36. The Hall–Kier alpha value is -2.14. The van der Waals surface area contributed by atoms with Crippen LogP contribution in [0.2, 0.25) is 0 Å². The van der Waals surface area contributed by atoms with Gasteiger partial charge in [0.15, 0.2) is 0 Å². The molecule has 3 nitrogen and oxygen atoms in total. The van der Waals surface area contributed by atoms with Gasteiger partial charge < -0.3 is 5.32 Å². The third-order valence-electron chi connectivity index (χ3n) is 5.93. The van der Waals surface area contributed by atoms with E-state index in [1.165, 1.54) is 28.9 Å². The van der Waals surface area contributed by atoms with Gasteiger partial charge in [0.25, 0.3) is 0 Å². The van der Waals surface area contributed by atoms with E-state index in [-0.39, 0.29) is 16.7 Å². The number of allylic oxidation sites excluding steroid dienone is 7. The van der Waals surface area contributed by atoms with E-state index < -0.39 is 0 Å². The Kier molecular flexibility index (Phi) is 11.3. The van der Waals surface area contributed by atoms with Gasteiger partial charge in [0.2, 0.25) is 5.91 Å². The molecule has 2 rings (SSSR count). The second-order valence-corrected chi connectivity index (χ2v) is 11.4. The molecule has 0 radical (unpaired) electrons. The second kappa shape index (κ2) is 13.7. The van der Waals surface area contributed by atoms with Crippen molar-refractivity contribution in [3.05, 3.63) is 46.4 Å². The summed E-state index contributed by atoms with van der Waals surface area (Å²) in [6, 6.07) is 0. The van der Waals surface area contributed by atoms with Gasteiger partial charge >= 0.3 is 0 Å². The van der Waals surface area contributed by atoms with Gasteiger partial charge in [0.1, 0.15) is 0 Å². The lowest BCUT2D eigenvalue weighted by Gasteiger charge is -2.35. The van der Waals surface area contributed by atoms with Crippen LogP contribution < -0.4 is 5.32 Å². The van der Waals surface area contributed by atoms with Crippen LogP contribution in [0.3, 0.4) is 0 Å². The standard InChI is InChI=1S/C30H42N2OS/c1-7-8-13-21-32(22-14-9-11-17-29(3,4)5)23-20-31-27(33)24-34-28-25(2)16-19-30(6)18-12-10-15-26(28)30/h10,12,15-16,19H,7-8,13,18,20-24H2,1-6H3,(H,31,33). The Labute approximate surface area is 212 Å². The number of nitrogens with one attached hydrogen (secondary N) is 1. The minimum absolute atomic E-state index is 0.0247. The normalized spacial score (nSPS) is 19.1. The van der Waals surface area contributed by atoms with E-state index in [0.29, 0.717) is 18.8 Å². The summed E-state index contributed by atoms with van der Waals surface area (Å²) < 4.78 is 0. The Morgan fingerprint density at radius 1 is 1.24 bits per heavy atom. The number of hydrogen-bond donors (Lipinski definition) is 1. The number of nitrogens with zero attached hydrogens (tertiary/aromatic N) is 1. The van der Waals surface area contributed by atoms with Gasteiger partial charge in [-0.05, 0) is 70.1 Å². The molecule has 184 valence electrons. The maximum atomic E-state index is 12.6. The molecule has 1 atom stereocenters. The topological polar surface area (TPSA) is 32.3 Å². The summed E-state index contributed by atoms with van der Waals surface area (Å²) in [5.74, 6) is 12.8. The van der Waals surface area contributed by atoms with Gasteiger partial charge in [-0.25, -0.2) is 0 Å². The molecule has 0 heterocycles. The van der Waals surface area contributed by atoms with Crippen molar-refractivity contribution in [3.8, 4) is 23.7 Å². The van der Waals surface area contributed by atoms with Crippen molar-refractivity contribution in [2.24, 2.45) is 10.8 Å². The first kappa shape index (κ1) is 28.1. The fourth-order valence-electron chi connectivity index (χ4n) is 3.87. The first-order valence-corrected chi connectivity index (χ1v) is 13.5. The molecule has 0 aromatic heterocycles. The highest BCUT2D eigenvalue weighted by atomic mass is 32.2. The largest absolute Gasteiger partial charge is 0.354 e. The molecular formula is C30H42N2OS. The van der Waals surface area contributed by atoms with Crippen molar-refractivity contribution in [1.29, 1.82) is 0 Å². The van der Waals surface area contributed by atoms with Crippen molar-refractivity contribution < 1.29 is 4.79 Å². The van der Waals surface area contributed by atoms with E-state index in [1.807, 2.05) is 0 Å². The van der Waals surface area contributed by atoms with Crippen LogP contribution in [0.5, 0.6) is 0 Å². The van der Waals surface area contributed by atoms with Gasteiger partial charge in [-0.15, -0.1) is 11.8 Å². The maximum absolute atomic E-state index is 12.6. The monoisotopic (exact) mass is 478 g/mol. The van der Waals surface area contributed by atoms with Crippen molar-refractivity contribution in [3.63, 3.8) is 0 Å². The van der Waals surface area contributed by atoms with Crippen LogP contribution in [0.25, 0.3) is 0 Å². The highest BCUT2D eigenvalue weighted by Crippen LogP contribution is 2.47. The first-order chi connectivity index (χ1) is 16.1. The summed E-state index contributed by atoms with van der Waals surface area (Å²) in [6.07, 6.45) is 15.6. The summed E-state index contributed by atoms with van der Waals surface area (Å²) in [4.78, 5) is 16.2. The van der Waals surface area contributed by atoms with E-state index >= 15 is 0 Å². The smallest absolute Gasteiger partial charge is 0.230 e. The van der Waals surface area contributed by atoms with E-state index in [4.69, 9.17) is 0 Å². The van der Waals surface area contributed by atoms with Gasteiger partial charge in [-0.3, -0.25) is 9.69 Å². The lowest BCUT2D eigenvalue weighted by atomic mass is 9.73. The molecule has 34 heavy (non-hydrogen) atoms. The number of fused-ring (bicyclic) bond motifs is 1. The van der Waals surface area contributed by atoms with Crippen LogP contribution in [-0.4, -0.2) is 42.7 Å². The molecule has 0 spiro atoms. The Balaban J connectivity index is 1.83. The summed E-state index contributed by atoms with van der Waals surface area (Å²) in [6.45, 7) is 16.0. The lowest BCUT2D eigenvalue weighted by molar-refractivity contribution is -0.118. The molecule has 0 saturated heterocycles. The zero-order chi connectivity index (χ0) is 25.0. The number of hydrogen-bond acceptors (Lipinski definition) is 3. The van der Waals surface area contributed by atoms with Crippen LogP contribution in [0.1, 0.15) is 67.2 Å². The number of unbranched alkanes of at least 4 members (excludes halogenated alkanes) is 2. The van der Waals surface area contributed by atoms with E-state index in [0.717, 1.165) is 25.9 Å². The van der Waals surface area contributed by atoms with Crippen LogP contribution in [0, 0.1) is 34.5 Å². The summed E-state index contributed by atoms with van der Waals surface area (Å²) in [5, 5.41) is 3.11. The minimum Gasteiger partial charge on any atom is -0.354 e. The second-order valence-electron chi connectivity index (χ2n) is 10.4. The van der Waals surface area contributed by atoms with Crippen LogP contribution in [-0.2, 0) is 4.79 Å². The molecule has 0 aromatic rings. The van der Waals surface area contributed by atoms with Crippen LogP contribution >= 0.6 is 11.8 Å². The van der Waals surface area contributed by atoms with Crippen molar-refractivity contribution in [2.75, 3.05) is 31.9 Å². The number of rotatable bonds is 11. The molecule has 2 aliphatic carbocycles. The Bertz CT molecular complexity index is 956. The zero-order valence-corrected chi connectivity index (χ0v) is 22.8. The van der Waals surface area contributed by atoms with Gasteiger partial charge in [-0.2, -0.15) is 0 Å². The molecule has 1 N–H and O–H groups in total.